The number of rotatable bonds is 3. The number of allylic oxidation sites excluding steroid dienone is 3. The van der Waals surface area contributed by atoms with Crippen molar-refractivity contribution in [3.63, 3.8) is 0 Å². The van der Waals surface area contributed by atoms with Crippen LogP contribution < -0.4 is 0 Å². The van der Waals surface area contributed by atoms with E-state index >= 15 is 0 Å². The van der Waals surface area contributed by atoms with Gasteiger partial charge in [-0.05, 0) is 43.2 Å². The van der Waals surface area contributed by atoms with Gasteiger partial charge < -0.3 is 4.74 Å². The molecule has 0 atom stereocenters. The molecule has 0 aliphatic carbocycles. The van der Waals surface area contributed by atoms with E-state index in [1.165, 1.54) is 27.3 Å². The molecule has 0 unspecified atom stereocenters. The summed E-state index contributed by atoms with van der Waals surface area (Å²) in [6.45, 7) is 11.9. The zero-order valence-electron chi connectivity index (χ0n) is 12.0. The molecule has 2 aliphatic heterocycles. The lowest BCUT2D eigenvalue weighted by atomic mass is 9.99. The first-order valence-electron chi connectivity index (χ1n) is 6.62. The Bertz CT molecular complexity index is 509. The van der Waals surface area contributed by atoms with Crippen molar-refractivity contribution < 1.29 is 4.74 Å². The lowest BCUT2D eigenvalue weighted by Crippen LogP contribution is -2.12. The molecule has 0 spiro atoms. The van der Waals surface area contributed by atoms with Crippen molar-refractivity contribution in [1.29, 1.82) is 0 Å². The third-order valence-corrected chi connectivity index (χ3v) is 4.43. The topological polar surface area (TPSA) is 21.6 Å². The monoisotopic (exact) mass is 275 g/mol. The summed E-state index contributed by atoms with van der Waals surface area (Å²) in [7, 11) is 0. The van der Waals surface area contributed by atoms with Crippen LogP contribution in [-0.2, 0) is 4.74 Å². The van der Waals surface area contributed by atoms with Crippen molar-refractivity contribution in [1.82, 2.24) is 0 Å². The number of hydrogen-bond acceptors (Lipinski definition) is 3. The fourth-order valence-electron chi connectivity index (χ4n) is 2.27. The number of hydrogen-bond donors (Lipinski definition) is 0. The van der Waals surface area contributed by atoms with Crippen LogP contribution in [0.5, 0.6) is 0 Å². The maximum atomic E-state index is 5.37. The fraction of sp³-hybridized carbons (Fsp3) is 0.438. The Labute approximate surface area is 120 Å². The van der Waals surface area contributed by atoms with E-state index in [4.69, 9.17) is 4.74 Å². The minimum atomic E-state index is 0.715. The summed E-state index contributed by atoms with van der Waals surface area (Å²) in [6.07, 6.45) is 6.06. The molecule has 0 aromatic rings. The summed E-state index contributed by atoms with van der Waals surface area (Å²) in [4.78, 5) is 7.12. The normalized spacial score (nSPS) is 20.5. The maximum absolute atomic E-state index is 5.37. The van der Waals surface area contributed by atoms with Gasteiger partial charge in [0.15, 0.2) is 0 Å². The molecule has 19 heavy (non-hydrogen) atoms. The van der Waals surface area contributed by atoms with Crippen molar-refractivity contribution in [2.45, 2.75) is 33.6 Å². The van der Waals surface area contributed by atoms with E-state index in [-0.39, 0.29) is 0 Å². The van der Waals surface area contributed by atoms with Gasteiger partial charge in [-0.15, -0.1) is 0 Å². The van der Waals surface area contributed by atoms with Gasteiger partial charge in [0.05, 0.1) is 13.2 Å². The highest BCUT2D eigenvalue weighted by Gasteiger charge is 2.16. The van der Waals surface area contributed by atoms with Crippen molar-refractivity contribution in [2.75, 3.05) is 13.2 Å². The highest BCUT2D eigenvalue weighted by molar-refractivity contribution is 8.06. The third kappa shape index (κ3) is 3.71. The molecular formula is C16H21NOS. The van der Waals surface area contributed by atoms with Gasteiger partial charge in [0.25, 0.3) is 0 Å². The first kappa shape index (κ1) is 14.4. The third-order valence-electron chi connectivity index (χ3n) is 3.20. The van der Waals surface area contributed by atoms with Crippen molar-refractivity contribution in [3.8, 4) is 0 Å². The molecule has 2 aliphatic rings. The van der Waals surface area contributed by atoms with Gasteiger partial charge in [0, 0.05) is 23.2 Å². The Morgan fingerprint density at radius 3 is 2.84 bits per heavy atom. The van der Waals surface area contributed by atoms with Crippen LogP contribution in [0.1, 0.15) is 33.6 Å². The summed E-state index contributed by atoms with van der Waals surface area (Å²) in [5.74, 6) is 0. The van der Waals surface area contributed by atoms with Gasteiger partial charge in [-0.3, -0.25) is 4.99 Å². The second kappa shape index (κ2) is 6.40. The molecule has 0 saturated carbocycles. The first-order chi connectivity index (χ1) is 9.08. The van der Waals surface area contributed by atoms with Gasteiger partial charge in [-0.1, -0.05) is 30.0 Å². The second-order valence-electron chi connectivity index (χ2n) is 5.03. The largest absolute Gasteiger partial charge is 0.377 e. The molecule has 0 N–H and O–H groups in total. The molecule has 0 aromatic heterocycles. The quantitative estimate of drug-likeness (QED) is 0.749. The minimum Gasteiger partial charge on any atom is -0.377 e. The smallest absolute Gasteiger partial charge is 0.0653 e. The summed E-state index contributed by atoms with van der Waals surface area (Å²) in [5, 5.41) is 0. The van der Waals surface area contributed by atoms with E-state index in [0.717, 1.165) is 24.4 Å². The number of thioether (sulfide) groups is 1. The Kier molecular flexibility index (Phi) is 4.83. The molecule has 0 aromatic carbocycles. The summed E-state index contributed by atoms with van der Waals surface area (Å²) in [6, 6.07) is 0. The van der Waals surface area contributed by atoms with Crippen LogP contribution >= 0.6 is 11.8 Å². The van der Waals surface area contributed by atoms with Gasteiger partial charge in [-0.2, -0.15) is 0 Å². The van der Waals surface area contributed by atoms with E-state index in [1.807, 2.05) is 13.1 Å². The highest BCUT2D eigenvalue weighted by atomic mass is 32.2. The summed E-state index contributed by atoms with van der Waals surface area (Å²) < 4.78 is 5.37. The zero-order chi connectivity index (χ0) is 13.8. The summed E-state index contributed by atoms with van der Waals surface area (Å²) >= 11 is 1.75. The van der Waals surface area contributed by atoms with E-state index in [1.54, 1.807) is 11.8 Å². The average Bonchev–Trinajstić information content (AvgIpc) is 2.53. The number of aliphatic imine (C=N–C) groups is 1. The second-order valence-corrected chi connectivity index (χ2v) is 6.34. The molecule has 0 saturated heterocycles. The van der Waals surface area contributed by atoms with E-state index in [9.17, 15) is 0 Å². The van der Waals surface area contributed by atoms with Gasteiger partial charge in [0.1, 0.15) is 0 Å². The van der Waals surface area contributed by atoms with Crippen LogP contribution in [0.2, 0.25) is 0 Å². The van der Waals surface area contributed by atoms with Crippen molar-refractivity contribution in [3.05, 3.63) is 45.4 Å². The first-order valence-corrected chi connectivity index (χ1v) is 7.43. The summed E-state index contributed by atoms with van der Waals surface area (Å²) in [5.41, 5.74) is 5.15. The molecule has 0 radical (unpaired) electrons. The van der Waals surface area contributed by atoms with Crippen LogP contribution in [0.25, 0.3) is 0 Å². The van der Waals surface area contributed by atoms with Crippen LogP contribution in [0.3, 0.4) is 0 Å². The molecule has 2 heterocycles. The Morgan fingerprint density at radius 1 is 1.42 bits per heavy atom. The molecule has 2 nitrogen and oxygen atoms in total. The molecule has 3 heteroatoms. The van der Waals surface area contributed by atoms with Crippen LogP contribution in [0, 0.1) is 0 Å². The lowest BCUT2D eigenvalue weighted by molar-refractivity contribution is 0.156. The van der Waals surface area contributed by atoms with Gasteiger partial charge in [-0.25, -0.2) is 0 Å². The van der Waals surface area contributed by atoms with Crippen LogP contribution in [0.15, 0.2) is 50.4 Å². The minimum absolute atomic E-state index is 0.715. The Hall–Kier alpha value is -1.06. The van der Waals surface area contributed by atoms with Crippen LogP contribution in [-0.4, -0.2) is 18.9 Å². The highest BCUT2D eigenvalue weighted by Crippen LogP contribution is 2.35. The molecule has 2 rings (SSSR count). The van der Waals surface area contributed by atoms with Crippen LogP contribution in [0.4, 0.5) is 0 Å². The van der Waals surface area contributed by atoms with E-state index in [2.05, 4.69) is 31.5 Å². The Morgan fingerprint density at radius 2 is 2.21 bits per heavy atom. The molecule has 0 fully saturated rings. The molecule has 102 valence electrons. The predicted octanol–water partition coefficient (Wildman–Crippen LogP) is 4.62. The standard InChI is InChI=1S/C16H21NOS/c1-11(2)19-16-12(3)9-15(17-10-13(16)4)14-5-7-18-8-6-14/h5,10H,1,6-9H2,2-4H3. The van der Waals surface area contributed by atoms with Crippen molar-refractivity contribution >= 4 is 17.5 Å². The lowest BCUT2D eigenvalue weighted by Gasteiger charge is -2.16. The number of ether oxygens (including phenoxy) is 1. The van der Waals surface area contributed by atoms with Gasteiger partial charge >= 0.3 is 0 Å². The molecule has 0 bridgehead atoms. The fourth-order valence-corrected chi connectivity index (χ4v) is 3.08. The molecular weight excluding hydrogens is 254 g/mol. The maximum Gasteiger partial charge on any atom is 0.0653 e. The van der Waals surface area contributed by atoms with Gasteiger partial charge in [0.2, 0.25) is 0 Å². The van der Waals surface area contributed by atoms with E-state index in [0.29, 0.717) is 6.61 Å². The number of nitrogens with zero attached hydrogens (tertiary/aromatic N) is 1. The zero-order valence-corrected chi connectivity index (χ0v) is 12.8. The SMILES string of the molecule is C=C(C)SC1=C(C)CC(C2=CCOCC2)=NC=C1C. The van der Waals surface area contributed by atoms with E-state index < -0.39 is 0 Å². The average molecular weight is 275 g/mol. The molecule has 0 amide bonds. The Balaban J connectivity index is 2.26. The predicted molar refractivity (Wildman–Crippen MR) is 84.4 cm³/mol. The van der Waals surface area contributed by atoms with Crippen molar-refractivity contribution in [2.24, 2.45) is 4.99 Å².